The number of hydrogen-bond donors (Lipinski definition) is 0. The van der Waals surface area contributed by atoms with E-state index in [0.717, 1.165) is 29.6 Å². The molecule has 2 rings (SSSR count). The van der Waals surface area contributed by atoms with Gasteiger partial charge in [0.1, 0.15) is 0 Å². The van der Waals surface area contributed by atoms with Crippen molar-refractivity contribution in [1.29, 1.82) is 0 Å². The molecule has 0 amide bonds. The fraction of sp³-hybridized carbons (Fsp3) is 1.00. The Balaban J connectivity index is 1.93. The summed E-state index contributed by atoms with van der Waals surface area (Å²) in [7, 11) is 0. The van der Waals surface area contributed by atoms with Crippen molar-refractivity contribution in [3.05, 3.63) is 0 Å². The van der Waals surface area contributed by atoms with Crippen molar-refractivity contribution in [3.8, 4) is 0 Å². The Hall–Kier alpha value is 0. The van der Waals surface area contributed by atoms with Crippen molar-refractivity contribution in [1.82, 2.24) is 0 Å². The molecular formula is C16H30. The molecule has 0 saturated heterocycles. The average molecular weight is 222 g/mol. The van der Waals surface area contributed by atoms with Gasteiger partial charge in [-0.3, -0.25) is 0 Å². The van der Waals surface area contributed by atoms with Gasteiger partial charge < -0.3 is 0 Å². The van der Waals surface area contributed by atoms with E-state index in [4.69, 9.17) is 0 Å². The van der Waals surface area contributed by atoms with Gasteiger partial charge in [0.05, 0.1) is 0 Å². The predicted molar refractivity (Wildman–Crippen MR) is 71.4 cm³/mol. The van der Waals surface area contributed by atoms with E-state index >= 15 is 0 Å². The van der Waals surface area contributed by atoms with Crippen LogP contribution in [0.2, 0.25) is 0 Å². The van der Waals surface area contributed by atoms with E-state index in [2.05, 4.69) is 20.8 Å². The Labute approximate surface area is 102 Å². The van der Waals surface area contributed by atoms with Crippen molar-refractivity contribution in [2.75, 3.05) is 0 Å². The summed E-state index contributed by atoms with van der Waals surface area (Å²) in [6.45, 7) is 7.54. The topological polar surface area (TPSA) is 0 Å². The molecule has 4 atom stereocenters. The zero-order chi connectivity index (χ0) is 11.5. The first kappa shape index (κ1) is 12.5. The molecule has 0 spiro atoms. The summed E-state index contributed by atoms with van der Waals surface area (Å²) < 4.78 is 0. The molecule has 0 bridgehead atoms. The highest BCUT2D eigenvalue weighted by Crippen LogP contribution is 2.43. The van der Waals surface area contributed by atoms with Gasteiger partial charge in [-0.2, -0.15) is 0 Å². The van der Waals surface area contributed by atoms with E-state index < -0.39 is 0 Å². The molecule has 2 aliphatic rings. The van der Waals surface area contributed by atoms with E-state index in [-0.39, 0.29) is 0 Å². The minimum Gasteiger partial charge on any atom is -0.0625 e. The van der Waals surface area contributed by atoms with Gasteiger partial charge in [-0.05, 0) is 36.0 Å². The summed E-state index contributed by atoms with van der Waals surface area (Å²) in [6.07, 6.45) is 12.0. The zero-order valence-electron chi connectivity index (χ0n) is 11.5. The number of rotatable bonds is 2. The Morgan fingerprint density at radius 1 is 0.875 bits per heavy atom. The molecule has 16 heavy (non-hydrogen) atoms. The monoisotopic (exact) mass is 222 g/mol. The van der Waals surface area contributed by atoms with Gasteiger partial charge in [0, 0.05) is 0 Å². The predicted octanol–water partition coefficient (Wildman–Crippen LogP) is 5.28. The smallest absolute Gasteiger partial charge is 0.0358 e. The van der Waals surface area contributed by atoms with Crippen LogP contribution in [0, 0.1) is 29.6 Å². The van der Waals surface area contributed by atoms with E-state index in [1.807, 2.05) is 0 Å². The summed E-state index contributed by atoms with van der Waals surface area (Å²) in [4.78, 5) is 0. The molecule has 2 fully saturated rings. The van der Waals surface area contributed by atoms with Crippen LogP contribution in [0.15, 0.2) is 0 Å². The van der Waals surface area contributed by atoms with E-state index in [1.54, 1.807) is 0 Å². The molecule has 0 aromatic rings. The maximum absolute atomic E-state index is 2.56. The maximum atomic E-state index is 2.56. The summed E-state index contributed by atoms with van der Waals surface area (Å²) >= 11 is 0. The zero-order valence-corrected chi connectivity index (χ0v) is 11.5. The minimum atomic E-state index is 0.993. The second-order valence-electron chi connectivity index (χ2n) is 6.82. The Morgan fingerprint density at radius 3 is 2.25 bits per heavy atom. The third-order valence-corrected chi connectivity index (χ3v) is 5.59. The highest BCUT2D eigenvalue weighted by molar-refractivity contribution is 4.84. The van der Waals surface area contributed by atoms with Gasteiger partial charge in [-0.15, -0.1) is 0 Å². The molecule has 0 aromatic heterocycles. The second-order valence-corrected chi connectivity index (χ2v) is 6.82. The van der Waals surface area contributed by atoms with E-state index in [1.165, 1.54) is 51.4 Å². The lowest BCUT2D eigenvalue weighted by atomic mass is 9.65. The largest absolute Gasteiger partial charge is 0.0625 e. The molecule has 0 aliphatic heterocycles. The Kier molecular flexibility index (Phi) is 4.33. The maximum Gasteiger partial charge on any atom is -0.0358 e. The van der Waals surface area contributed by atoms with Crippen molar-refractivity contribution in [3.63, 3.8) is 0 Å². The van der Waals surface area contributed by atoms with Gasteiger partial charge in [-0.25, -0.2) is 0 Å². The molecule has 0 N–H and O–H groups in total. The van der Waals surface area contributed by atoms with Crippen LogP contribution in [0.25, 0.3) is 0 Å². The van der Waals surface area contributed by atoms with Crippen molar-refractivity contribution in [2.24, 2.45) is 29.6 Å². The van der Waals surface area contributed by atoms with Gasteiger partial charge >= 0.3 is 0 Å². The summed E-state index contributed by atoms with van der Waals surface area (Å²) in [5, 5.41) is 0. The molecule has 4 unspecified atom stereocenters. The fourth-order valence-corrected chi connectivity index (χ4v) is 4.32. The first-order valence-electron chi connectivity index (χ1n) is 7.68. The quantitative estimate of drug-likeness (QED) is 0.596. The molecule has 2 saturated carbocycles. The Morgan fingerprint density at radius 2 is 1.56 bits per heavy atom. The fourth-order valence-electron chi connectivity index (χ4n) is 4.32. The van der Waals surface area contributed by atoms with Crippen molar-refractivity contribution in [2.45, 2.75) is 72.1 Å². The summed E-state index contributed by atoms with van der Waals surface area (Å²) in [5.41, 5.74) is 0. The SMILES string of the molecule is CC1CCC(C)C(C(C)C2CCCCC2)C1. The standard InChI is InChI=1S/C16H30/c1-12-9-10-13(2)16(11-12)14(3)15-7-5-4-6-8-15/h12-16H,4-11H2,1-3H3. The normalized spacial score (nSPS) is 39.6. The molecule has 0 nitrogen and oxygen atoms in total. The van der Waals surface area contributed by atoms with E-state index in [0.29, 0.717) is 0 Å². The van der Waals surface area contributed by atoms with E-state index in [9.17, 15) is 0 Å². The van der Waals surface area contributed by atoms with Crippen LogP contribution in [0.5, 0.6) is 0 Å². The molecule has 94 valence electrons. The molecule has 0 heteroatoms. The highest BCUT2D eigenvalue weighted by Gasteiger charge is 2.33. The van der Waals surface area contributed by atoms with Crippen molar-refractivity contribution >= 4 is 0 Å². The molecule has 2 aliphatic carbocycles. The second kappa shape index (κ2) is 5.56. The lowest BCUT2D eigenvalue weighted by molar-refractivity contribution is 0.0931. The van der Waals surface area contributed by atoms with Crippen molar-refractivity contribution < 1.29 is 0 Å². The molecule has 0 radical (unpaired) electrons. The van der Waals surface area contributed by atoms with Crippen LogP contribution >= 0.6 is 0 Å². The lowest BCUT2D eigenvalue weighted by Gasteiger charge is -2.41. The van der Waals surface area contributed by atoms with Gasteiger partial charge in [0.25, 0.3) is 0 Å². The van der Waals surface area contributed by atoms with Crippen LogP contribution in [0.4, 0.5) is 0 Å². The molecular weight excluding hydrogens is 192 g/mol. The van der Waals surface area contributed by atoms with Crippen LogP contribution in [-0.4, -0.2) is 0 Å². The van der Waals surface area contributed by atoms with Crippen LogP contribution in [0.3, 0.4) is 0 Å². The van der Waals surface area contributed by atoms with Crippen LogP contribution in [0.1, 0.15) is 72.1 Å². The minimum absolute atomic E-state index is 0.993. The molecule has 0 heterocycles. The third-order valence-electron chi connectivity index (χ3n) is 5.59. The van der Waals surface area contributed by atoms with Gasteiger partial charge in [0.2, 0.25) is 0 Å². The lowest BCUT2D eigenvalue weighted by Crippen LogP contribution is -2.32. The van der Waals surface area contributed by atoms with Crippen LogP contribution < -0.4 is 0 Å². The first-order valence-corrected chi connectivity index (χ1v) is 7.68. The average Bonchev–Trinajstić information content (AvgIpc) is 2.32. The first-order chi connectivity index (χ1) is 7.68. The summed E-state index contributed by atoms with van der Waals surface area (Å²) in [6, 6.07) is 0. The van der Waals surface area contributed by atoms with Crippen LogP contribution in [-0.2, 0) is 0 Å². The number of hydrogen-bond acceptors (Lipinski definition) is 0. The highest BCUT2D eigenvalue weighted by atomic mass is 14.4. The van der Waals surface area contributed by atoms with Gasteiger partial charge in [0.15, 0.2) is 0 Å². The van der Waals surface area contributed by atoms with Gasteiger partial charge in [-0.1, -0.05) is 65.7 Å². The summed E-state index contributed by atoms with van der Waals surface area (Å²) in [5.74, 6) is 5.08. The molecule has 0 aromatic carbocycles. The third kappa shape index (κ3) is 2.81. The Bertz CT molecular complexity index is 202.